The number of benzene rings is 1. The molecule has 0 saturated carbocycles. The van der Waals surface area contributed by atoms with E-state index >= 15 is 0 Å². The number of sulfonamides is 1. The number of likely N-dealkylation sites (N-methyl/N-ethyl adjacent to an activating group) is 1. The van der Waals surface area contributed by atoms with Crippen molar-refractivity contribution >= 4 is 27.5 Å². The molecule has 0 saturated heterocycles. The molecule has 2 rings (SSSR count). The van der Waals surface area contributed by atoms with Crippen molar-refractivity contribution in [2.24, 2.45) is 0 Å². The summed E-state index contributed by atoms with van der Waals surface area (Å²) in [6, 6.07) is 9.38. The summed E-state index contributed by atoms with van der Waals surface area (Å²) in [6.07, 6.45) is 1.53. The van der Waals surface area contributed by atoms with Gasteiger partial charge in [-0.15, -0.1) is 0 Å². The molecule has 1 aromatic heterocycles. The van der Waals surface area contributed by atoms with Gasteiger partial charge in [0.2, 0.25) is 21.8 Å². The number of carbonyl (C=O) groups excluding carboxylic acids is 2. The molecule has 0 unspecified atom stereocenters. The van der Waals surface area contributed by atoms with Gasteiger partial charge >= 0.3 is 0 Å². The fraction of sp³-hybridized carbons (Fsp3) is 0.333. The summed E-state index contributed by atoms with van der Waals surface area (Å²) < 4.78 is 30.3. The molecule has 0 radical (unpaired) electrons. The van der Waals surface area contributed by atoms with E-state index < -0.39 is 10.0 Å². The molecule has 9 nitrogen and oxygen atoms in total. The lowest BCUT2D eigenvalue weighted by molar-refractivity contribution is -0.123. The van der Waals surface area contributed by atoms with Crippen LogP contribution in [0.4, 0.5) is 5.69 Å². The standard InChI is InChI=1S/C18H24N4O5S/c1-21(2)28(25,26)16-8-6-14(7-9-16)20-18(24)13-22(3)12-17(23)19-11-15-5-4-10-27-15/h4-10H,11-13H2,1-3H3,(H,19,23)(H,20,24). The molecule has 0 bridgehead atoms. The molecule has 0 spiro atoms. The number of nitrogens with zero attached hydrogens (tertiary/aromatic N) is 2. The van der Waals surface area contributed by atoms with Crippen LogP contribution in [0.1, 0.15) is 5.76 Å². The Balaban J connectivity index is 1.80. The van der Waals surface area contributed by atoms with E-state index in [1.165, 1.54) is 44.6 Å². The van der Waals surface area contributed by atoms with Crippen LogP contribution in [0.3, 0.4) is 0 Å². The van der Waals surface area contributed by atoms with Crippen molar-refractivity contribution in [3.05, 3.63) is 48.4 Å². The fourth-order valence-corrected chi connectivity index (χ4v) is 3.22. The van der Waals surface area contributed by atoms with Crippen molar-refractivity contribution in [3.8, 4) is 0 Å². The maximum atomic E-state index is 12.1. The number of furan rings is 1. The van der Waals surface area contributed by atoms with E-state index in [1.807, 2.05) is 0 Å². The zero-order valence-corrected chi connectivity index (χ0v) is 16.8. The van der Waals surface area contributed by atoms with Gasteiger partial charge in [0.1, 0.15) is 5.76 Å². The summed E-state index contributed by atoms with van der Waals surface area (Å²) >= 11 is 0. The minimum absolute atomic E-state index is 0.00587. The molecule has 152 valence electrons. The maximum absolute atomic E-state index is 12.1. The minimum atomic E-state index is -3.52. The van der Waals surface area contributed by atoms with Crippen LogP contribution >= 0.6 is 0 Å². The maximum Gasteiger partial charge on any atom is 0.242 e. The number of amides is 2. The lowest BCUT2D eigenvalue weighted by Crippen LogP contribution is -2.38. The second-order valence-electron chi connectivity index (χ2n) is 6.39. The lowest BCUT2D eigenvalue weighted by atomic mass is 10.3. The van der Waals surface area contributed by atoms with Crippen LogP contribution in [0.15, 0.2) is 52.0 Å². The molecule has 2 N–H and O–H groups in total. The molecule has 10 heteroatoms. The highest BCUT2D eigenvalue weighted by Crippen LogP contribution is 2.16. The van der Waals surface area contributed by atoms with E-state index in [0.717, 1.165) is 4.31 Å². The molecular formula is C18H24N4O5S. The van der Waals surface area contributed by atoms with Crippen molar-refractivity contribution in [3.63, 3.8) is 0 Å². The molecule has 2 amide bonds. The SMILES string of the molecule is CN(CC(=O)NCc1ccco1)CC(=O)Nc1ccc(S(=O)(=O)N(C)C)cc1. The Morgan fingerprint density at radius 3 is 2.21 bits per heavy atom. The van der Waals surface area contributed by atoms with Crippen LogP contribution in [-0.2, 0) is 26.2 Å². The van der Waals surface area contributed by atoms with E-state index in [1.54, 1.807) is 24.1 Å². The van der Waals surface area contributed by atoms with Gasteiger partial charge in [-0.05, 0) is 43.4 Å². The number of carbonyl (C=O) groups is 2. The fourth-order valence-electron chi connectivity index (χ4n) is 2.32. The molecule has 0 aliphatic heterocycles. The molecule has 28 heavy (non-hydrogen) atoms. The highest BCUT2D eigenvalue weighted by molar-refractivity contribution is 7.89. The van der Waals surface area contributed by atoms with E-state index in [-0.39, 0.29) is 36.3 Å². The number of rotatable bonds is 9. The van der Waals surface area contributed by atoms with Gasteiger partial charge in [-0.3, -0.25) is 14.5 Å². The Labute approximate surface area is 164 Å². The molecule has 0 fully saturated rings. The second kappa shape index (κ2) is 9.49. The number of hydrogen-bond acceptors (Lipinski definition) is 6. The average molecular weight is 408 g/mol. The molecular weight excluding hydrogens is 384 g/mol. The smallest absolute Gasteiger partial charge is 0.242 e. The molecule has 2 aromatic rings. The summed E-state index contributed by atoms with van der Waals surface area (Å²) in [5, 5.41) is 5.37. The van der Waals surface area contributed by atoms with Crippen molar-refractivity contribution < 1.29 is 22.4 Å². The third-order valence-electron chi connectivity index (χ3n) is 3.78. The molecule has 1 heterocycles. The van der Waals surface area contributed by atoms with Crippen LogP contribution in [-0.4, -0.2) is 63.7 Å². The normalized spacial score (nSPS) is 11.6. The van der Waals surface area contributed by atoms with E-state index in [4.69, 9.17) is 4.42 Å². The first-order valence-electron chi connectivity index (χ1n) is 8.48. The first-order chi connectivity index (χ1) is 13.2. The van der Waals surface area contributed by atoms with Crippen LogP contribution < -0.4 is 10.6 Å². The summed E-state index contributed by atoms with van der Waals surface area (Å²) in [5.74, 6) is 0.1000. The minimum Gasteiger partial charge on any atom is -0.467 e. The monoisotopic (exact) mass is 408 g/mol. The summed E-state index contributed by atoms with van der Waals surface area (Å²) in [6.45, 7) is 0.341. The Bertz CT molecular complexity index is 893. The van der Waals surface area contributed by atoms with Crippen molar-refractivity contribution in [2.45, 2.75) is 11.4 Å². The van der Waals surface area contributed by atoms with E-state index in [0.29, 0.717) is 11.4 Å². The molecule has 1 aromatic carbocycles. The topological polar surface area (TPSA) is 112 Å². The van der Waals surface area contributed by atoms with Crippen molar-refractivity contribution in [1.29, 1.82) is 0 Å². The summed E-state index contributed by atoms with van der Waals surface area (Å²) in [4.78, 5) is 25.7. The number of nitrogens with one attached hydrogen (secondary N) is 2. The van der Waals surface area contributed by atoms with Crippen molar-refractivity contribution in [2.75, 3.05) is 39.5 Å². The van der Waals surface area contributed by atoms with E-state index in [9.17, 15) is 18.0 Å². The highest BCUT2D eigenvalue weighted by atomic mass is 32.2. The van der Waals surface area contributed by atoms with E-state index in [2.05, 4.69) is 10.6 Å². The van der Waals surface area contributed by atoms with Gasteiger partial charge in [0, 0.05) is 19.8 Å². The highest BCUT2D eigenvalue weighted by Gasteiger charge is 2.17. The number of anilines is 1. The van der Waals surface area contributed by atoms with Crippen molar-refractivity contribution in [1.82, 2.24) is 14.5 Å². The van der Waals surface area contributed by atoms with Gasteiger partial charge in [0.25, 0.3) is 0 Å². The summed E-state index contributed by atoms with van der Waals surface area (Å²) in [5.41, 5.74) is 0.471. The van der Waals surface area contributed by atoms with Gasteiger partial charge < -0.3 is 15.1 Å². The van der Waals surface area contributed by atoms with Gasteiger partial charge in [0.15, 0.2) is 0 Å². The Morgan fingerprint density at radius 2 is 1.64 bits per heavy atom. The molecule has 0 aliphatic rings. The summed E-state index contributed by atoms with van der Waals surface area (Å²) in [7, 11) is 1.04. The third kappa shape index (κ3) is 6.19. The quantitative estimate of drug-likeness (QED) is 0.632. The average Bonchev–Trinajstić information content (AvgIpc) is 3.13. The van der Waals surface area contributed by atoms with Crippen LogP contribution in [0.2, 0.25) is 0 Å². The van der Waals surface area contributed by atoms with Crippen LogP contribution in [0.25, 0.3) is 0 Å². The van der Waals surface area contributed by atoms with Gasteiger partial charge in [0.05, 0.1) is 30.8 Å². The van der Waals surface area contributed by atoms with Crippen LogP contribution in [0, 0.1) is 0 Å². The lowest BCUT2D eigenvalue weighted by Gasteiger charge is -2.16. The first kappa shape index (κ1) is 21.6. The molecule has 0 aliphatic carbocycles. The zero-order chi connectivity index (χ0) is 20.7. The van der Waals surface area contributed by atoms with Crippen LogP contribution in [0.5, 0.6) is 0 Å². The Hall–Kier alpha value is -2.69. The molecule has 0 atom stereocenters. The van der Waals surface area contributed by atoms with Gasteiger partial charge in [-0.25, -0.2) is 12.7 Å². The second-order valence-corrected chi connectivity index (χ2v) is 8.54. The Morgan fingerprint density at radius 1 is 1.00 bits per heavy atom. The first-order valence-corrected chi connectivity index (χ1v) is 9.92. The van der Waals surface area contributed by atoms with Gasteiger partial charge in [-0.2, -0.15) is 0 Å². The Kier molecular flexibility index (Phi) is 7.32. The third-order valence-corrected chi connectivity index (χ3v) is 5.61. The number of hydrogen-bond donors (Lipinski definition) is 2. The zero-order valence-electron chi connectivity index (χ0n) is 16.0. The van der Waals surface area contributed by atoms with Gasteiger partial charge in [-0.1, -0.05) is 0 Å². The largest absolute Gasteiger partial charge is 0.467 e. The predicted octanol–water partition coefficient (Wildman–Crippen LogP) is 0.717. The predicted molar refractivity (Wildman–Crippen MR) is 104 cm³/mol.